The van der Waals surface area contributed by atoms with E-state index in [-0.39, 0.29) is 11.8 Å². The Morgan fingerprint density at radius 2 is 1.65 bits per heavy atom. The van der Waals surface area contributed by atoms with Crippen molar-refractivity contribution in [2.45, 2.75) is 27.3 Å². The zero-order valence-electron chi connectivity index (χ0n) is 14.6. The van der Waals surface area contributed by atoms with Crippen LogP contribution >= 0.6 is 0 Å². The van der Waals surface area contributed by atoms with Crippen LogP contribution < -0.4 is 5.32 Å². The highest BCUT2D eigenvalue weighted by Gasteiger charge is 2.39. The molecule has 0 aromatic heterocycles. The molecule has 1 heterocycles. The van der Waals surface area contributed by atoms with E-state index in [1.54, 1.807) is 18.7 Å². The van der Waals surface area contributed by atoms with Crippen molar-refractivity contribution in [2.24, 2.45) is 5.41 Å². The summed E-state index contributed by atoms with van der Waals surface area (Å²) in [4.78, 5) is 29.1. The molecule has 0 unspecified atom stereocenters. The number of carbonyl (C=O) groups is 2. The van der Waals surface area contributed by atoms with Gasteiger partial charge in [-0.15, -0.1) is 0 Å². The number of aryl methyl sites for hydroxylation is 1. The van der Waals surface area contributed by atoms with E-state index < -0.39 is 5.41 Å². The molecule has 2 rings (SSSR count). The Kier molecular flexibility index (Phi) is 5.42. The van der Waals surface area contributed by atoms with Crippen molar-refractivity contribution in [1.82, 2.24) is 15.1 Å². The summed E-state index contributed by atoms with van der Waals surface area (Å²) in [5.74, 6) is -0.311. The van der Waals surface area contributed by atoms with Crippen LogP contribution in [-0.2, 0) is 16.1 Å². The van der Waals surface area contributed by atoms with Crippen LogP contribution in [0, 0.1) is 12.3 Å². The first kappa shape index (κ1) is 17.5. The highest BCUT2D eigenvalue weighted by molar-refractivity contribution is 6.04. The average Bonchev–Trinajstić information content (AvgIpc) is 2.54. The monoisotopic (exact) mass is 317 g/mol. The van der Waals surface area contributed by atoms with Crippen LogP contribution in [0.3, 0.4) is 0 Å². The van der Waals surface area contributed by atoms with Gasteiger partial charge >= 0.3 is 0 Å². The largest absolute Gasteiger partial charge is 0.351 e. The summed E-state index contributed by atoms with van der Waals surface area (Å²) >= 11 is 0. The number of rotatable bonds is 4. The number of benzene rings is 1. The van der Waals surface area contributed by atoms with Crippen molar-refractivity contribution in [3.05, 3.63) is 35.4 Å². The van der Waals surface area contributed by atoms with Gasteiger partial charge in [-0.25, -0.2) is 0 Å². The molecule has 0 spiro atoms. The van der Waals surface area contributed by atoms with E-state index in [0.29, 0.717) is 19.6 Å². The number of hydrogen-bond acceptors (Lipinski definition) is 3. The van der Waals surface area contributed by atoms with Gasteiger partial charge < -0.3 is 15.1 Å². The molecule has 23 heavy (non-hydrogen) atoms. The van der Waals surface area contributed by atoms with Crippen LogP contribution in [0.4, 0.5) is 0 Å². The summed E-state index contributed by atoms with van der Waals surface area (Å²) in [7, 11) is 2.04. The zero-order valence-corrected chi connectivity index (χ0v) is 14.6. The van der Waals surface area contributed by atoms with E-state index >= 15 is 0 Å². The zero-order chi connectivity index (χ0) is 17.0. The Morgan fingerprint density at radius 3 is 2.22 bits per heavy atom. The third-order valence-electron chi connectivity index (χ3n) is 4.47. The molecule has 1 aliphatic heterocycles. The summed E-state index contributed by atoms with van der Waals surface area (Å²) < 4.78 is 0. The van der Waals surface area contributed by atoms with Gasteiger partial charge in [0.1, 0.15) is 5.41 Å². The first-order valence-electron chi connectivity index (χ1n) is 8.12. The van der Waals surface area contributed by atoms with E-state index in [2.05, 4.69) is 10.2 Å². The molecule has 1 aliphatic rings. The predicted molar refractivity (Wildman–Crippen MR) is 90.9 cm³/mol. The normalized spacial score (nSPS) is 16.3. The number of nitrogens with one attached hydrogen (secondary N) is 1. The molecule has 1 fully saturated rings. The molecule has 1 saturated heterocycles. The molecule has 126 valence electrons. The molecule has 2 amide bonds. The lowest BCUT2D eigenvalue weighted by atomic mass is 9.90. The van der Waals surface area contributed by atoms with Crippen LogP contribution in [0.5, 0.6) is 0 Å². The average molecular weight is 317 g/mol. The van der Waals surface area contributed by atoms with Crippen molar-refractivity contribution in [3.8, 4) is 0 Å². The molecule has 0 bridgehead atoms. The van der Waals surface area contributed by atoms with Crippen molar-refractivity contribution in [2.75, 3.05) is 33.2 Å². The third kappa shape index (κ3) is 4.32. The summed E-state index contributed by atoms with van der Waals surface area (Å²) in [6.45, 7) is 8.96. The quantitative estimate of drug-likeness (QED) is 0.854. The van der Waals surface area contributed by atoms with Gasteiger partial charge in [-0.2, -0.15) is 0 Å². The highest BCUT2D eigenvalue weighted by Crippen LogP contribution is 2.20. The van der Waals surface area contributed by atoms with Gasteiger partial charge in [-0.3, -0.25) is 9.59 Å². The highest BCUT2D eigenvalue weighted by atomic mass is 16.2. The Hall–Kier alpha value is -1.88. The molecule has 5 heteroatoms. The fourth-order valence-corrected chi connectivity index (χ4v) is 2.61. The lowest BCUT2D eigenvalue weighted by molar-refractivity contribution is -0.149. The van der Waals surface area contributed by atoms with E-state index in [4.69, 9.17) is 0 Å². The van der Waals surface area contributed by atoms with Gasteiger partial charge in [-0.1, -0.05) is 29.8 Å². The van der Waals surface area contributed by atoms with Crippen molar-refractivity contribution >= 4 is 11.8 Å². The second-order valence-electron chi connectivity index (χ2n) is 6.89. The lowest BCUT2D eigenvalue weighted by Gasteiger charge is -2.36. The first-order chi connectivity index (χ1) is 10.8. The summed E-state index contributed by atoms with van der Waals surface area (Å²) in [5, 5.41) is 2.89. The maximum atomic E-state index is 12.7. The SMILES string of the molecule is Cc1ccc(CNC(=O)C(C)(C)C(=O)N2CCN(C)CC2)cc1. The molecule has 0 saturated carbocycles. The van der Waals surface area contributed by atoms with Crippen LogP contribution in [0.1, 0.15) is 25.0 Å². The first-order valence-corrected chi connectivity index (χ1v) is 8.12. The lowest BCUT2D eigenvalue weighted by Crippen LogP contribution is -2.54. The standard InChI is InChI=1S/C18H27N3O2/c1-14-5-7-15(8-6-14)13-19-16(22)18(2,3)17(23)21-11-9-20(4)10-12-21/h5-8H,9-13H2,1-4H3,(H,19,22). The molecule has 0 aliphatic carbocycles. The molecular formula is C18H27N3O2. The number of piperazine rings is 1. The van der Waals surface area contributed by atoms with Gasteiger partial charge in [0.05, 0.1) is 0 Å². The fourth-order valence-electron chi connectivity index (χ4n) is 2.61. The molecule has 0 radical (unpaired) electrons. The number of nitrogens with zero attached hydrogens (tertiary/aromatic N) is 2. The number of carbonyl (C=O) groups excluding carboxylic acids is 2. The van der Waals surface area contributed by atoms with Crippen molar-refractivity contribution in [1.29, 1.82) is 0 Å². The van der Waals surface area contributed by atoms with Gasteiger partial charge in [0.2, 0.25) is 11.8 Å². The molecular weight excluding hydrogens is 290 g/mol. The predicted octanol–water partition coefficient (Wildman–Crippen LogP) is 1.41. The molecule has 5 nitrogen and oxygen atoms in total. The molecule has 1 N–H and O–H groups in total. The van der Waals surface area contributed by atoms with Crippen molar-refractivity contribution in [3.63, 3.8) is 0 Å². The third-order valence-corrected chi connectivity index (χ3v) is 4.47. The Bertz CT molecular complexity index is 558. The van der Waals surface area contributed by atoms with Gasteiger partial charge in [0.15, 0.2) is 0 Å². The summed E-state index contributed by atoms with van der Waals surface area (Å²) in [6, 6.07) is 8.01. The Balaban J connectivity index is 1.93. The number of hydrogen-bond donors (Lipinski definition) is 1. The van der Waals surface area contributed by atoms with Crippen LogP contribution in [0.15, 0.2) is 24.3 Å². The van der Waals surface area contributed by atoms with Crippen LogP contribution in [-0.4, -0.2) is 54.8 Å². The van der Waals surface area contributed by atoms with E-state index in [9.17, 15) is 9.59 Å². The number of likely N-dealkylation sites (N-methyl/N-ethyl adjacent to an activating group) is 1. The smallest absolute Gasteiger partial charge is 0.237 e. The van der Waals surface area contributed by atoms with E-state index in [1.165, 1.54) is 5.56 Å². The second kappa shape index (κ2) is 7.13. The Labute approximate surface area is 138 Å². The molecule has 1 aromatic rings. The van der Waals surface area contributed by atoms with Gasteiger partial charge in [-0.05, 0) is 33.4 Å². The maximum Gasteiger partial charge on any atom is 0.237 e. The maximum absolute atomic E-state index is 12.7. The van der Waals surface area contributed by atoms with E-state index in [1.807, 2.05) is 38.2 Å². The Morgan fingerprint density at radius 1 is 1.09 bits per heavy atom. The van der Waals surface area contributed by atoms with Gasteiger partial charge in [0.25, 0.3) is 0 Å². The van der Waals surface area contributed by atoms with Crippen LogP contribution in [0.2, 0.25) is 0 Å². The number of amides is 2. The fraction of sp³-hybridized carbons (Fsp3) is 0.556. The minimum atomic E-state index is -1.04. The van der Waals surface area contributed by atoms with E-state index in [0.717, 1.165) is 18.7 Å². The second-order valence-corrected chi connectivity index (χ2v) is 6.89. The topological polar surface area (TPSA) is 52.7 Å². The molecule has 0 atom stereocenters. The summed E-state index contributed by atoms with van der Waals surface area (Å²) in [5.41, 5.74) is 1.18. The summed E-state index contributed by atoms with van der Waals surface area (Å²) in [6.07, 6.45) is 0. The van der Waals surface area contributed by atoms with Crippen LogP contribution in [0.25, 0.3) is 0 Å². The molecule has 1 aromatic carbocycles. The minimum absolute atomic E-state index is 0.0907. The van der Waals surface area contributed by atoms with Crippen molar-refractivity contribution < 1.29 is 9.59 Å². The van der Waals surface area contributed by atoms with Gasteiger partial charge in [0, 0.05) is 32.7 Å². The minimum Gasteiger partial charge on any atom is -0.351 e.